The first kappa shape index (κ1) is 21.5. The van der Waals surface area contributed by atoms with Gasteiger partial charge in [-0.1, -0.05) is 79.7 Å². The van der Waals surface area contributed by atoms with E-state index in [0.29, 0.717) is 5.75 Å². The maximum atomic E-state index is 11.1. The predicted octanol–water partition coefficient (Wildman–Crippen LogP) is 7.24. The Kier molecular flexibility index (Phi) is 5.34. The van der Waals surface area contributed by atoms with Gasteiger partial charge in [-0.2, -0.15) is 0 Å². The molecule has 0 aliphatic rings. The van der Waals surface area contributed by atoms with Crippen molar-refractivity contribution >= 4 is 0 Å². The molecule has 0 amide bonds. The van der Waals surface area contributed by atoms with Gasteiger partial charge in [0.1, 0.15) is 5.75 Å². The van der Waals surface area contributed by atoms with E-state index in [9.17, 15) is 5.11 Å². The van der Waals surface area contributed by atoms with Crippen molar-refractivity contribution in [1.82, 2.24) is 0 Å². The van der Waals surface area contributed by atoms with Gasteiger partial charge in [-0.15, -0.1) is 0 Å². The van der Waals surface area contributed by atoms with Crippen LogP contribution in [0.3, 0.4) is 0 Å². The molecule has 0 aromatic heterocycles. The Bertz CT molecular complexity index is 820. The van der Waals surface area contributed by atoms with Crippen molar-refractivity contribution in [3.05, 3.63) is 63.2 Å². The second-order valence-electron chi connectivity index (χ2n) is 10.7. The first-order chi connectivity index (χ1) is 12.1. The van der Waals surface area contributed by atoms with Crippen molar-refractivity contribution in [3.8, 4) is 5.75 Å². The molecule has 0 fully saturated rings. The Labute approximate surface area is 166 Å². The predicted molar refractivity (Wildman–Crippen MR) is 118 cm³/mol. The van der Waals surface area contributed by atoms with Gasteiger partial charge in [0, 0.05) is 5.41 Å². The molecule has 27 heavy (non-hydrogen) atoms. The van der Waals surface area contributed by atoms with Gasteiger partial charge < -0.3 is 5.11 Å². The highest BCUT2D eigenvalue weighted by Crippen LogP contribution is 2.44. The van der Waals surface area contributed by atoms with Crippen molar-refractivity contribution in [2.75, 3.05) is 0 Å². The fourth-order valence-electron chi connectivity index (χ4n) is 3.93. The van der Waals surface area contributed by atoms with Gasteiger partial charge >= 0.3 is 0 Å². The number of phenolic OH excluding ortho intramolecular Hbond substituents is 1. The van der Waals surface area contributed by atoms with Crippen LogP contribution in [0.5, 0.6) is 5.75 Å². The molecule has 0 saturated heterocycles. The largest absolute Gasteiger partial charge is 0.507 e. The zero-order chi connectivity index (χ0) is 20.9. The Hall–Kier alpha value is -1.76. The van der Waals surface area contributed by atoms with E-state index in [1.807, 2.05) is 0 Å². The molecule has 0 radical (unpaired) electrons. The topological polar surface area (TPSA) is 20.2 Å². The lowest BCUT2D eigenvalue weighted by Gasteiger charge is -2.34. The minimum Gasteiger partial charge on any atom is -0.507 e. The van der Waals surface area contributed by atoms with Gasteiger partial charge in [-0.3, -0.25) is 0 Å². The summed E-state index contributed by atoms with van der Waals surface area (Å²) in [7, 11) is 0. The highest BCUT2D eigenvalue weighted by Gasteiger charge is 2.32. The summed E-state index contributed by atoms with van der Waals surface area (Å²) in [6, 6.07) is 8.95. The Morgan fingerprint density at radius 1 is 0.630 bits per heavy atom. The first-order valence-corrected chi connectivity index (χ1v) is 10.0. The molecule has 1 nitrogen and oxygen atoms in total. The summed E-state index contributed by atoms with van der Waals surface area (Å²) in [5.74, 6) is 0.450. The number of hydrogen-bond donors (Lipinski definition) is 1. The van der Waals surface area contributed by atoms with Crippen LogP contribution in [0.1, 0.15) is 94.3 Å². The van der Waals surface area contributed by atoms with E-state index in [1.54, 1.807) is 0 Å². The summed E-state index contributed by atoms with van der Waals surface area (Å²) in [5.41, 5.74) is 8.37. The lowest BCUT2D eigenvalue weighted by Crippen LogP contribution is -2.25. The van der Waals surface area contributed by atoms with E-state index < -0.39 is 0 Å². The van der Waals surface area contributed by atoms with Crippen LogP contribution in [0.25, 0.3) is 0 Å². The fraction of sp³-hybridized carbons (Fsp3) is 0.538. The van der Waals surface area contributed by atoms with E-state index in [-0.39, 0.29) is 16.2 Å². The van der Waals surface area contributed by atoms with E-state index in [4.69, 9.17) is 0 Å². The van der Waals surface area contributed by atoms with E-state index in [1.165, 1.54) is 27.8 Å². The van der Waals surface area contributed by atoms with Gasteiger partial charge in [-0.05, 0) is 70.5 Å². The third-order valence-electron chi connectivity index (χ3n) is 6.18. The molecule has 0 heterocycles. The molecular weight excluding hydrogens is 328 g/mol. The van der Waals surface area contributed by atoms with Gasteiger partial charge in [0.2, 0.25) is 0 Å². The smallest absolute Gasteiger partial charge is 0.123 e. The third kappa shape index (κ3) is 3.93. The normalized spacial score (nSPS) is 13.1. The van der Waals surface area contributed by atoms with Crippen molar-refractivity contribution < 1.29 is 5.11 Å². The molecule has 0 atom stereocenters. The number of hydrogen-bond acceptors (Lipinski definition) is 1. The van der Waals surface area contributed by atoms with Crippen LogP contribution >= 0.6 is 0 Å². The Morgan fingerprint density at radius 3 is 1.48 bits per heavy atom. The van der Waals surface area contributed by atoms with Gasteiger partial charge in [0.05, 0.1) is 0 Å². The first-order valence-electron chi connectivity index (χ1n) is 10.0. The summed E-state index contributed by atoms with van der Waals surface area (Å²) in [5, 5.41) is 11.1. The third-order valence-corrected chi connectivity index (χ3v) is 6.18. The van der Waals surface area contributed by atoms with Gasteiger partial charge in [-0.25, -0.2) is 0 Å². The molecule has 0 saturated carbocycles. The van der Waals surface area contributed by atoms with Crippen LogP contribution in [-0.4, -0.2) is 5.11 Å². The minimum atomic E-state index is -0.143. The summed E-state index contributed by atoms with van der Waals surface area (Å²) < 4.78 is 0. The second kappa shape index (κ2) is 6.69. The summed E-state index contributed by atoms with van der Waals surface area (Å²) in [4.78, 5) is 0. The van der Waals surface area contributed by atoms with Crippen molar-refractivity contribution in [2.24, 2.45) is 0 Å². The Balaban J connectivity index is 2.83. The van der Waals surface area contributed by atoms with Gasteiger partial charge in [0.25, 0.3) is 0 Å². The minimum absolute atomic E-state index is 0.117. The van der Waals surface area contributed by atoms with Crippen LogP contribution in [0.2, 0.25) is 0 Å². The lowest BCUT2D eigenvalue weighted by molar-refractivity contribution is 0.421. The van der Waals surface area contributed by atoms with E-state index in [2.05, 4.69) is 100 Å². The fourth-order valence-corrected chi connectivity index (χ4v) is 3.93. The quantitative estimate of drug-likeness (QED) is 0.594. The van der Waals surface area contributed by atoms with Crippen molar-refractivity contribution in [3.63, 3.8) is 0 Å². The van der Waals surface area contributed by atoms with Crippen LogP contribution in [0.15, 0.2) is 24.3 Å². The number of phenols is 1. The molecule has 0 spiro atoms. The molecule has 0 aliphatic heterocycles. The zero-order valence-corrected chi connectivity index (χ0v) is 19.3. The lowest BCUT2D eigenvalue weighted by atomic mass is 9.70. The average molecular weight is 367 g/mol. The van der Waals surface area contributed by atoms with Crippen LogP contribution in [0, 0.1) is 20.8 Å². The van der Waals surface area contributed by atoms with Gasteiger partial charge in [0.15, 0.2) is 0 Å². The molecule has 148 valence electrons. The molecule has 1 heteroatoms. The molecule has 0 bridgehead atoms. The number of aryl methyl sites for hydroxylation is 1. The molecule has 0 unspecified atom stereocenters. The maximum Gasteiger partial charge on any atom is 0.123 e. The number of aromatic hydroxyl groups is 1. The molecular formula is C26H38O. The van der Waals surface area contributed by atoms with Crippen LogP contribution in [-0.2, 0) is 16.2 Å². The summed E-state index contributed by atoms with van der Waals surface area (Å²) in [6.07, 6.45) is 0. The average Bonchev–Trinajstić information content (AvgIpc) is 2.50. The molecule has 2 rings (SSSR count). The highest BCUT2D eigenvalue weighted by atomic mass is 16.3. The zero-order valence-electron chi connectivity index (χ0n) is 19.3. The van der Waals surface area contributed by atoms with E-state index >= 15 is 0 Å². The number of benzene rings is 2. The Morgan fingerprint density at radius 2 is 1.07 bits per heavy atom. The standard InChI is InChI=1S/C26H38O/c1-16-12-13-20(18(3)17(16)2)26(10,11)19-14-21(24(4,5)6)23(27)22(15-19)25(7,8)9/h12-15,27H,1-11H3. The monoisotopic (exact) mass is 366 g/mol. The highest BCUT2D eigenvalue weighted by molar-refractivity contribution is 5.55. The van der Waals surface area contributed by atoms with Crippen LogP contribution < -0.4 is 0 Å². The van der Waals surface area contributed by atoms with Crippen LogP contribution in [0.4, 0.5) is 0 Å². The molecule has 2 aromatic rings. The maximum absolute atomic E-state index is 11.1. The van der Waals surface area contributed by atoms with Crippen molar-refractivity contribution in [1.29, 1.82) is 0 Å². The molecule has 0 aliphatic carbocycles. The number of rotatable bonds is 2. The summed E-state index contributed by atoms with van der Waals surface area (Å²) in [6.45, 7) is 24.3. The molecule has 1 N–H and O–H groups in total. The molecule has 2 aromatic carbocycles. The van der Waals surface area contributed by atoms with E-state index in [0.717, 1.165) is 11.1 Å². The SMILES string of the molecule is Cc1ccc(C(C)(C)c2cc(C(C)(C)C)c(O)c(C(C)(C)C)c2)c(C)c1C. The second-order valence-corrected chi connectivity index (χ2v) is 10.7. The van der Waals surface area contributed by atoms with Crippen molar-refractivity contribution in [2.45, 2.75) is 92.4 Å². The summed E-state index contributed by atoms with van der Waals surface area (Å²) >= 11 is 0.